The molecule has 0 atom stereocenters. The molecule has 1 heterocycles. The van der Waals surface area contributed by atoms with Crippen LogP contribution in [0.25, 0.3) is 11.8 Å². The van der Waals surface area contributed by atoms with Crippen LogP contribution < -0.4 is 0 Å². The highest BCUT2D eigenvalue weighted by atomic mass is 16.5. The highest BCUT2D eigenvalue weighted by molar-refractivity contribution is 5.78. The van der Waals surface area contributed by atoms with Gasteiger partial charge in [0.25, 0.3) is 0 Å². The molecule has 4 heteroatoms. The van der Waals surface area contributed by atoms with E-state index in [1.54, 1.807) is 13.0 Å². The first-order chi connectivity index (χ1) is 7.24. The summed E-state index contributed by atoms with van der Waals surface area (Å²) in [5.74, 6) is 0. The second-order valence-electron chi connectivity index (χ2n) is 3.27. The summed E-state index contributed by atoms with van der Waals surface area (Å²) >= 11 is 0. The minimum atomic E-state index is 0.259. The van der Waals surface area contributed by atoms with E-state index >= 15 is 0 Å². The fraction of sp³-hybridized carbons (Fsp3) is 0.0909. The van der Waals surface area contributed by atoms with E-state index in [0.29, 0.717) is 5.70 Å². The standard InChI is InChI=1S/C11H10N2O2/c1-8(12-14)11-10-5-3-2-4-9(10)6-7-13(11)15/h2-7,15H,1H3/b11-8-. The monoisotopic (exact) mass is 202 g/mol. The van der Waals surface area contributed by atoms with Gasteiger partial charge in [-0.1, -0.05) is 24.3 Å². The molecule has 0 aliphatic carbocycles. The Kier molecular flexibility index (Phi) is 2.35. The van der Waals surface area contributed by atoms with Gasteiger partial charge in [-0.25, -0.2) is 5.06 Å². The molecule has 1 aromatic rings. The highest BCUT2D eigenvalue weighted by Crippen LogP contribution is 2.30. The van der Waals surface area contributed by atoms with E-state index in [4.69, 9.17) is 0 Å². The fourth-order valence-electron chi connectivity index (χ4n) is 1.61. The van der Waals surface area contributed by atoms with Gasteiger partial charge in [0.1, 0.15) is 11.4 Å². The van der Waals surface area contributed by atoms with Crippen LogP contribution in [0, 0.1) is 4.91 Å². The van der Waals surface area contributed by atoms with Crippen molar-refractivity contribution < 1.29 is 5.21 Å². The molecule has 76 valence electrons. The molecule has 1 aliphatic rings. The number of hydrogen-bond acceptors (Lipinski definition) is 4. The number of benzene rings is 1. The molecule has 1 N–H and O–H groups in total. The Morgan fingerprint density at radius 2 is 2.13 bits per heavy atom. The van der Waals surface area contributed by atoms with E-state index in [-0.39, 0.29) is 5.70 Å². The minimum absolute atomic E-state index is 0.259. The van der Waals surface area contributed by atoms with Crippen molar-refractivity contribution in [1.29, 1.82) is 0 Å². The van der Waals surface area contributed by atoms with E-state index < -0.39 is 0 Å². The molecule has 2 rings (SSSR count). The summed E-state index contributed by atoms with van der Waals surface area (Å²) in [7, 11) is 0. The normalized spacial score (nSPS) is 17.3. The maximum Gasteiger partial charge on any atom is 0.108 e. The predicted octanol–water partition coefficient (Wildman–Crippen LogP) is 2.82. The maximum absolute atomic E-state index is 10.5. The second-order valence-corrected chi connectivity index (χ2v) is 3.27. The summed E-state index contributed by atoms with van der Waals surface area (Å²) in [5, 5.41) is 13.4. The van der Waals surface area contributed by atoms with Crippen molar-refractivity contribution in [3.05, 3.63) is 52.2 Å². The average molecular weight is 202 g/mol. The Morgan fingerprint density at radius 1 is 1.40 bits per heavy atom. The van der Waals surface area contributed by atoms with E-state index in [1.807, 2.05) is 24.3 Å². The van der Waals surface area contributed by atoms with Crippen molar-refractivity contribution in [3.63, 3.8) is 0 Å². The summed E-state index contributed by atoms with van der Waals surface area (Å²) in [4.78, 5) is 10.5. The minimum Gasteiger partial charge on any atom is -0.284 e. The van der Waals surface area contributed by atoms with Crippen molar-refractivity contribution >= 4 is 11.8 Å². The molecule has 0 spiro atoms. The molecule has 1 aromatic carbocycles. The van der Waals surface area contributed by atoms with E-state index in [9.17, 15) is 10.1 Å². The van der Waals surface area contributed by atoms with Gasteiger partial charge in [-0.05, 0) is 23.7 Å². The number of allylic oxidation sites excluding steroid dienone is 1. The molecule has 0 unspecified atom stereocenters. The molecule has 0 aromatic heterocycles. The van der Waals surface area contributed by atoms with Crippen LogP contribution in [0.15, 0.2) is 41.3 Å². The van der Waals surface area contributed by atoms with E-state index in [2.05, 4.69) is 5.18 Å². The molecule has 0 saturated heterocycles. The quantitative estimate of drug-likeness (QED) is 0.712. The molecular weight excluding hydrogens is 192 g/mol. The van der Waals surface area contributed by atoms with Crippen LogP contribution in [0.5, 0.6) is 0 Å². The third-order valence-electron chi connectivity index (χ3n) is 2.32. The fourth-order valence-corrected chi connectivity index (χ4v) is 1.61. The van der Waals surface area contributed by atoms with Gasteiger partial charge in [0.15, 0.2) is 0 Å². The van der Waals surface area contributed by atoms with Crippen molar-refractivity contribution in [1.82, 2.24) is 5.06 Å². The van der Waals surface area contributed by atoms with Crippen LogP contribution in [0.2, 0.25) is 0 Å². The Bertz CT molecular complexity index is 463. The second kappa shape index (κ2) is 3.67. The molecule has 0 bridgehead atoms. The third kappa shape index (κ3) is 1.55. The molecule has 1 aliphatic heterocycles. The van der Waals surface area contributed by atoms with Gasteiger partial charge in [-0.3, -0.25) is 5.21 Å². The average Bonchev–Trinajstić information content (AvgIpc) is 2.28. The Labute approximate surface area is 87.1 Å². The number of hydrogen-bond donors (Lipinski definition) is 1. The lowest BCUT2D eigenvalue weighted by Gasteiger charge is -2.22. The van der Waals surface area contributed by atoms with Crippen LogP contribution in [0.1, 0.15) is 18.1 Å². The lowest BCUT2D eigenvalue weighted by molar-refractivity contribution is 0.0243. The lowest BCUT2D eigenvalue weighted by Crippen LogP contribution is -2.15. The molecule has 0 amide bonds. The summed E-state index contributed by atoms with van der Waals surface area (Å²) in [6.45, 7) is 1.57. The summed E-state index contributed by atoms with van der Waals surface area (Å²) in [5.41, 5.74) is 2.46. The van der Waals surface area contributed by atoms with Gasteiger partial charge in [0.2, 0.25) is 0 Å². The first-order valence-corrected chi connectivity index (χ1v) is 4.54. The van der Waals surface area contributed by atoms with E-state index in [0.717, 1.165) is 16.2 Å². The van der Waals surface area contributed by atoms with Crippen LogP contribution in [0.4, 0.5) is 0 Å². The zero-order valence-electron chi connectivity index (χ0n) is 8.21. The zero-order chi connectivity index (χ0) is 10.8. The van der Waals surface area contributed by atoms with Crippen molar-refractivity contribution in [2.75, 3.05) is 0 Å². The van der Waals surface area contributed by atoms with Gasteiger partial charge in [0, 0.05) is 11.8 Å². The Morgan fingerprint density at radius 3 is 2.87 bits per heavy atom. The molecule has 0 saturated carbocycles. The number of rotatable bonds is 1. The molecule has 4 nitrogen and oxygen atoms in total. The lowest BCUT2D eigenvalue weighted by atomic mass is 10.0. The largest absolute Gasteiger partial charge is 0.284 e. The van der Waals surface area contributed by atoms with Crippen LogP contribution in [0.3, 0.4) is 0 Å². The van der Waals surface area contributed by atoms with Crippen molar-refractivity contribution in [2.24, 2.45) is 5.18 Å². The summed E-state index contributed by atoms with van der Waals surface area (Å²) < 4.78 is 0. The Balaban J connectivity index is 2.67. The van der Waals surface area contributed by atoms with Gasteiger partial charge < -0.3 is 0 Å². The zero-order valence-corrected chi connectivity index (χ0v) is 8.21. The number of fused-ring (bicyclic) bond motifs is 1. The van der Waals surface area contributed by atoms with Gasteiger partial charge in [-0.2, -0.15) is 0 Å². The van der Waals surface area contributed by atoms with Crippen LogP contribution in [-0.2, 0) is 0 Å². The van der Waals surface area contributed by atoms with Gasteiger partial charge >= 0.3 is 0 Å². The van der Waals surface area contributed by atoms with Gasteiger partial charge in [-0.15, -0.1) is 4.91 Å². The number of hydroxylamine groups is 2. The topological polar surface area (TPSA) is 52.9 Å². The van der Waals surface area contributed by atoms with Crippen molar-refractivity contribution in [3.8, 4) is 0 Å². The highest BCUT2D eigenvalue weighted by Gasteiger charge is 2.18. The molecule has 0 fully saturated rings. The summed E-state index contributed by atoms with van der Waals surface area (Å²) in [6.07, 6.45) is 3.27. The first kappa shape index (κ1) is 9.61. The first-order valence-electron chi connectivity index (χ1n) is 4.54. The smallest absolute Gasteiger partial charge is 0.108 e. The summed E-state index contributed by atoms with van der Waals surface area (Å²) in [6, 6.07) is 7.50. The molecule has 0 radical (unpaired) electrons. The molecule has 15 heavy (non-hydrogen) atoms. The van der Waals surface area contributed by atoms with Crippen LogP contribution >= 0.6 is 0 Å². The maximum atomic E-state index is 10.5. The van der Waals surface area contributed by atoms with Crippen molar-refractivity contribution in [2.45, 2.75) is 6.92 Å². The Hall–Kier alpha value is -1.94. The SMILES string of the molecule is C/C(N=O)=C1\c2ccccc2C=CN1O. The number of nitrogens with zero attached hydrogens (tertiary/aromatic N) is 2. The van der Waals surface area contributed by atoms with Gasteiger partial charge in [0.05, 0.1) is 0 Å². The van der Waals surface area contributed by atoms with E-state index in [1.165, 1.54) is 6.20 Å². The third-order valence-corrected chi connectivity index (χ3v) is 2.32. The number of nitroso groups, excluding NO2 is 1. The van der Waals surface area contributed by atoms with Crippen LogP contribution in [-0.4, -0.2) is 10.3 Å². The predicted molar refractivity (Wildman–Crippen MR) is 57.5 cm³/mol. The molecular formula is C11H10N2O2.